The lowest BCUT2D eigenvalue weighted by Crippen LogP contribution is -2.76. The molecule has 0 aromatic carbocycles. The lowest BCUT2D eigenvalue weighted by Gasteiger charge is -2.44. The van der Waals surface area contributed by atoms with Crippen molar-refractivity contribution in [1.29, 1.82) is 0 Å². The first-order chi connectivity index (χ1) is 23.6. The number of hydrogen-bond acceptors (Lipinski definition) is 1. The number of hydrogen-bond donors (Lipinski definition) is 0. The number of alkyl halides is 21. The van der Waals surface area contributed by atoms with Gasteiger partial charge in [-0.3, -0.25) is 0 Å². The quantitative estimate of drug-likeness (QED) is 0.0600. The molecule has 0 fully saturated rings. The van der Waals surface area contributed by atoms with E-state index in [4.69, 9.17) is 4.74 Å². The molecular formula is C30H36F21OSi. The van der Waals surface area contributed by atoms with Crippen molar-refractivity contribution in [3.63, 3.8) is 0 Å². The first kappa shape index (κ1) is 49.2. The van der Waals surface area contributed by atoms with E-state index in [1.165, 1.54) is 13.1 Å². The highest BCUT2D eigenvalue weighted by Crippen LogP contribution is 2.66. The third-order valence-electron chi connectivity index (χ3n) is 8.53. The zero-order valence-corrected chi connectivity index (χ0v) is 29.0. The van der Waals surface area contributed by atoms with Crippen molar-refractivity contribution >= 4 is 8.80 Å². The van der Waals surface area contributed by atoms with Crippen LogP contribution in [-0.2, 0) is 4.74 Å². The number of unbranched alkanes of at least 4 members (excludes halogenated alkanes) is 9. The molecule has 0 saturated heterocycles. The van der Waals surface area contributed by atoms with Crippen LogP contribution in [0, 0.1) is 0 Å². The Morgan fingerprint density at radius 1 is 0.491 bits per heavy atom. The lowest BCUT2D eigenvalue weighted by molar-refractivity contribution is -0.473. The minimum Gasteiger partial charge on any atom is -0.374 e. The van der Waals surface area contributed by atoms with Gasteiger partial charge in [0.1, 0.15) is 0 Å². The molecule has 0 heterocycles. The molecular weight excluding hydrogens is 803 g/mol. The van der Waals surface area contributed by atoms with Gasteiger partial charge in [-0.2, -0.15) is 92.2 Å². The molecule has 0 aliphatic heterocycles. The molecule has 1 radical (unpaired) electrons. The van der Waals surface area contributed by atoms with E-state index in [9.17, 15) is 92.2 Å². The Morgan fingerprint density at radius 3 is 1.19 bits per heavy atom. The molecule has 0 bridgehead atoms. The molecule has 53 heavy (non-hydrogen) atoms. The van der Waals surface area contributed by atoms with Gasteiger partial charge >= 0.3 is 59.5 Å². The molecule has 1 aliphatic carbocycles. The summed E-state index contributed by atoms with van der Waals surface area (Å²) < 4.78 is 295. The van der Waals surface area contributed by atoms with Gasteiger partial charge in [-0.05, 0) is 6.42 Å². The van der Waals surface area contributed by atoms with E-state index in [0.29, 0.717) is 18.9 Å². The van der Waals surface area contributed by atoms with Gasteiger partial charge in [0, 0.05) is 17.7 Å². The summed E-state index contributed by atoms with van der Waals surface area (Å²) in [4.78, 5) is 0. The van der Waals surface area contributed by atoms with Gasteiger partial charge in [0.25, 0.3) is 0 Å². The highest BCUT2D eigenvalue weighted by Gasteiger charge is 2.98. The Kier molecular flexibility index (Phi) is 15.5. The molecule has 2 unspecified atom stereocenters. The number of ether oxygens (including phenoxy) is 1. The summed E-state index contributed by atoms with van der Waals surface area (Å²) in [6, 6.07) is 0. The Balaban J connectivity index is 3.33. The number of halogens is 21. The van der Waals surface area contributed by atoms with Crippen molar-refractivity contribution in [2.45, 2.75) is 155 Å². The van der Waals surface area contributed by atoms with E-state index in [1.54, 1.807) is 0 Å². The molecule has 0 spiro atoms. The van der Waals surface area contributed by atoms with Crippen LogP contribution in [0.5, 0.6) is 0 Å². The van der Waals surface area contributed by atoms with Crippen molar-refractivity contribution in [2.24, 2.45) is 0 Å². The third-order valence-corrected chi connectivity index (χ3v) is 10.4. The average molecular weight is 840 g/mol. The highest BCUT2D eigenvalue weighted by molar-refractivity contribution is 6.58. The molecule has 0 N–H and O–H groups in total. The standard InChI is InChI=1S/C30H36F21OSi/c1-4-5-6-7-8-9-10-11-12-13-16-52-19-15-14-18(17-20(19)53(2)3)21(31,32)22(33,34)23(35,36)24(37,38)25(39,40)26(41,42)27(43,44)28(45,46)29(47,48)30(49,50)51/h14-15,17,19-20H,4-13,16H2,1-3H3. The van der Waals surface area contributed by atoms with Crippen LogP contribution in [0.25, 0.3) is 0 Å². The highest BCUT2D eigenvalue weighted by atomic mass is 28.3. The summed E-state index contributed by atoms with van der Waals surface area (Å²) in [7, 11) is -2.02. The van der Waals surface area contributed by atoms with Crippen LogP contribution in [0.2, 0.25) is 18.6 Å². The summed E-state index contributed by atoms with van der Waals surface area (Å²) in [5.41, 5.74) is -3.68. The van der Waals surface area contributed by atoms with Gasteiger partial charge in [0.15, 0.2) is 0 Å². The van der Waals surface area contributed by atoms with Crippen LogP contribution in [0.15, 0.2) is 23.8 Å². The van der Waals surface area contributed by atoms with Gasteiger partial charge < -0.3 is 4.74 Å². The lowest BCUT2D eigenvalue weighted by atomic mass is 9.84. The molecule has 0 saturated carbocycles. The SMILES string of the molecule is CCCCCCCCCCCCOC1C=CC(C(F)(F)C(F)(F)C(F)(F)C(F)(F)C(F)(F)C(F)(F)C(F)(F)C(F)(F)C(F)(F)C(F)(F)F)=CC1[Si](C)C. The van der Waals surface area contributed by atoms with E-state index in [1.807, 2.05) is 0 Å². The molecule has 2 atom stereocenters. The van der Waals surface area contributed by atoms with Crippen molar-refractivity contribution in [3.8, 4) is 0 Å². The maximum atomic E-state index is 15.0. The maximum absolute atomic E-state index is 15.0. The van der Waals surface area contributed by atoms with E-state index < -0.39 is 85.5 Å². The van der Waals surface area contributed by atoms with E-state index in [-0.39, 0.29) is 18.8 Å². The first-order valence-electron chi connectivity index (χ1n) is 15.9. The molecule has 1 nitrogen and oxygen atoms in total. The summed E-state index contributed by atoms with van der Waals surface area (Å²) in [5.74, 6) is -77.2. The van der Waals surface area contributed by atoms with Gasteiger partial charge in [-0.1, -0.05) is 96.0 Å². The molecule has 0 amide bonds. The fourth-order valence-corrected chi connectivity index (χ4v) is 6.45. The van der Waals surface area contributed by atoms with E-state index in [0.717, 1.165) is 51.4 Å². The maximum Gasteiger partial charge on any atom is 0.460 e. The van der Waals surface area contributed by atoms with Gasteiger partial charge in [-0.25, -0.2) is 0 Å². The Labute approximate surface area is 292 Å². The fraction of sp³-hybridized carbons (Fsp3) is 0.867. The minimum absolute atomic E-state index is 0.0426. The predicted octanol–water partition coefficient (Wildman–Crippen LogP) is 13.2. The second-order valence-electron chi connectivity index (χ2n) is 12.8. The third kappa shape index (κ3) is 8.78. The van der Waals surface area contributed by atoms with Crippen molar-refractivity contribution in [1.82, 2.24) is 0 Å². The zero-order valence-electron chi connectivity index (χ0n) is 28.0. The van der Waals surface area contributed by atoms with Gasteiger partial charge in [-0.15, -0.1) is 0 Å². The smallest absolute Gasteiger partial charge is 0.374 e. The fourth-order valence-electron chi connectivity index (χ4n) is 5.07. The van der Waals surface area contributed by atoms with Crippen LogP contribution < -0.4 is 0 Å². The summed E-state index contributed by atoms with van der Waals surface area (Å²) in [5, 5.41) is 0. The van der Waals surface area contributed by atoms with Crippen LogP contribution >= 0.6 is 0 Å². The summed E-state index contributed by atoms with van der Waals surface area (Å²) >= 11 is 0. The normalized spacial score (nSPS) is 19.3. The predicted molar refractivity (Wildman–Crippen MR) is 151 cm³/mol. The Morgan fingerprint density at radius 2 is 0.830 bits per heavy atom. The van der Waals surface area contributed by atoms with Crippen LogP contribution in [0.3, 0.4) is 0 Å². The first-order valence-corrected chi connectivity index (χ1v) is 18.5. The van der Waals surface area contributed by atoms with Crippen molar-refractivity contribution < 1.29 is 96.9 Å². The van der Waals surface area contributed by atoms with Crippen molar-refractivity contribution in [2.75, 3.05) is 6.61 Å². The van der Waals surface area contributed by atoms with Gasteiger partial charge in [0.05, 0.1) is 14.9 Å². The molecule has 1 rings (SSSR count). The molecule has 23 heteroatoms. The van der Waals surface area contributed by atoms with Crippen LogP contribution in [0.1, 0.15) is 71.1 Å². The average Bonchev–Trinajstić information content (AvgIpc) is 3.02. The molecule has 313 valence electrons. The summed E-state index contributed by atoms with van der Waals surface area (Å²) in [6.07, 6.45) is 0.480. The zero-order chi connectivity index (χ0) is 41.9. The van der Waals surface area contributed by atoms with Crippen LogP contribution in [-0.4, -0.2) is 81.0 Å². The molecule has 0 aromatic rings. The summed E-state index contributed by atoms with van der Waals surface area (Å²) in [6.45, 7) is 4.72. The van der Waals surface area contributed by atoms with Gasteiger partial charge in [0.2, 0.25) is 0 Å². The van der Waals surface area contributed by atoms with E-state index in [2.05, 4.69) is 6.92 Å². The van der Waals surface area contributed by atoms with Crippen LogP contribution in [0.4, 0.5) is 92.2 Å². The number of allylic oxidation sites excluding steroid dienone is 2. The largest absolute Gasteiger partial charge is 0.460 e. The second-order valence-corrected chi connectivity index (χ2v) is 15.6. The number of rotatable bonds is 22. The topological polar surface area (TPSA) is 9.23 Å². The monoisotopic (exact) mass is 839 g/mol. The Hall–Kier alpha value is -1.81. The second kappa shape index (κ2) is 16.7. The minimum atomic E-state index is -9.19. The Bertz CT molecular complexity index is 1240. The molecule has 1 aliphatic rings. The molecule has 0 aromatic heterocycles. The van der Waals surface area contributed by atoms with E-state index >= 15 is 0 Å². The van der Waals surface area contributed by atoms with Crippen molar-refractivity contribution in [3.05, 3.63) is 23.8 Å².